The smallest absolute Gasteiger partial charge is 0.191 e. The fraction of sp³-hybridized carbons (Fsp3) is 0.357. The standard InChI is InChI=1S/C14H17N3O/c1-11-16-10-14(18-11)12-2-4-13(5-3-12)17-8-6-15-7-9-17/h2-5,10,15H,6-9H2,1H3. The van der Waals surface area contributed by atoms with Gasteiger partial charge in [0.05, 0.1) is 6.20 Å². The van der Waals surface area contributed by atoms with Crippen LogP contribution in [0.5, 0.6) is 0 Å². The van der Waals surface area contributed by atoms with E-state index in [1.165, 1.54) is 5.69 Å². The summed E-state index contributed by atoms with van der Waals surface area (Å²) in [6, 6.07) is 8.49. The Morgan fingerprint density at radius 1 is 1.17 bits per heavy atom. The molecule has 4 nitrogen and oxygen atoms in total. The highest BCUT2D eigenvalue weighted by Gasteiger charge is 2.10. The lowest BCUT2D eigenvalue weighted by Gasteiger charge is -2.29. The Balaban J connectivity index is 1.80. The lowest BCUT2D eigenvalue weighted by atomic mass is 10.1. The van der Waals surface area contributed by atoms with Crippen LogP contribution < -0.4 is 10.2 Å². The second kappa shape index (κ2) is 4.82. The second-order valence-electron chi connectivity index (χ2n) is 4.53. The maximum absolute atomic E-state index is 5.52. The topological polar surface area (TPSA) is 41.3 Å². The minimum atomic E-state index is 0.705. The summed E-state index contributed by atoms with van der Waals surface area (Å²) in [5.41, 5.74) is 2.35. The van der Waals surface area contributed by atoms with Crippen molar-refractivity contribution in [1.82, 2.24) is 10.3 Å². The number of benzene rings is 1. The van der Waals surface area contributed by atoms with Crippen molar-refractivity contribution in [2.75, 3.05) is 31.1 Å². The largest absolute Gasteiger partial charge is 0.441 e. The maximum Gasteiger partial charge on any atom is 0.191 e. The number of nitrogens with zero attached hydrogens (tertiary/aromatic N) is 2. The van der Waals surface area contributed by atoms with Crippen LogP contribution >= 0.6 is 0 Å². The van der Waals surface area contributed by atoms with Crippen LogP contribution in [0.3, 0.4) is 0 Å². The third-order valence-corrected chi connectivity index (χ3v) is 3.26. The number of anilines is 1. The summed E-state index contributed by atoms with van der Waals surface area (Å²) in [5.74, 6) is 1.54. The molecular formula is C14H17N3O. The number of piperazine rings is 1. The summed E-state index contributed by atoms with van der Waals surface area (Å²) < 4.78 is 5.52. The molecule has 2 aromatic rings. The van der Waals surface area contributed by atoms with Gasteiger partial charge in [0.2, 0.25) is 0 Å². The number of hydrogen-bond acceptors (Lipinski definition) is 4. The van der Waals surface area contributed by atoms with Gasteiger partial charge in [0.1, 0.15) is 0 Å². The first-order valence-corrected chi connectivity index (χ1v) is 6.31. The number of rotatable bonds is 2. The molecule has 0 bridgehead atoms. The molecule has 1 aromatic heterocycles. The Bertz CT molecular complexity index is 512. The van der Waals surface area contributed by atoms with Crippen LogP contribution in [0.2, 0.25) is 0 Å². The molecule has 3 rings (SSSR count). The van der Waals surface area contributed by atoms with Crippen LogP contribution in [0.4, 0.5) is 5.69 Å². The number of hydrogen-bond donors (Lipinski definition) is 1. The molecule has 4 heteroatoms. The fourth-order valence-electron chi connectivity index (χ4n) is 2.25. The molecule has 1 aliphatic rings. The molecule has 94 valence electrons. The van der Waals surface area contributed by atoms with E-state index in [2.05, 4.69) is 39.5 Å². The highest BCUT2D eigenvalue weighted by molar-refractivity contribution is 5.61. The molecule has 0 amide bonds. The molecule has 0 unspecified atom stereocenters. The van der Waals surface area contributed by atoms with Crippen molar-refractivity contribution < 1.29 is 4.42 Å². The van der Waals surface area contributed by atoms with Gasteiger partial charge in [0, 0.05) is 44.4 Å². The van der Waals surface area contributed by atoms with E-state index in [4.69, 9.17) is 4.42 Å². The van der Waals surface area contributed by atoms with Crippen molar-refractivity contribution in [2.45, 2.75) is 6.92 Å². The van der Waals surface area contributed by atoms with Gasteiger partial charge < -0.3 is 14.6 Å². The van der Waals surface area contributed by atoms with Crippen LogP contribution in [0, 0.1) is 6.92 Å². The van der Waals surface area contributed by atoms with E-state index in [-0.39, 0.29) is 0 Å². The van der Waals surface area contributed by atoms with Crippen molar-refractivity contribution in [3.8, 4) is 11.3 Å². The predicted molar refractivity (Wildman–Crippen MR) is 71.8 cm³/mol. The minimum Gasteiger partial charge on any atom is -0.441 e. The summed E-state index contributed by atoms with van der Waals surface area (Å²) in [6.45, 7) is 6.12. The summed E-state index contributed by atoms with van der Waals surface area (Å²) in [4.78, 5) is 6.51. The molecule has 18 heavy (non-hydrogen) atoms. The SMILES string of the molecule is Cc1ncc(-c2ccc(N3CCNCC3)cc2)o1. The third-order valence-electron chi connectivity index (χ3n) is 3.26. The summed E-state index contributed by atoms with van der Waals surface area (Å²) in [5, 5.41) is 3.36. The summed E-state index contributed by atoms with van der Waals surface area (Å²) in [7, 11) is 0. The molecule has 1 fully saturated rings. The summed E-state index contributed by atoms with van der Waals surface area (Å²) in [6.07, 6.45) is 1.77. The van der Waals surface area contributed by atoms with E-state index in [1.54, 1.807) is 6.20 Å². The highest BCUT2D eigenvalue weighted by atomic mass is 16.4. The van der Waals surface area contributed by atoms with Crippen molar-refractivity contribution in [3.05, 3.63) is 36.4 Å². The van der Waals surface area contributed by atoms with E-state index in [9.17, 15) is 0 Å². The first-order chi connectivity index (χ1) is 8.83. The third kappa shape index (κ3) is 2.24. The fourth-order valence-corrected chi connectivity index (χ4v) is 2.25. The molecule has 1 aliphatic heterocycles. The number of aryl methyl sites for hydroxylation is 1. The van der Waals surface area contributed by atoms with Gasteiger partial charge in [-0.05, 0) is 24.3 Å². The monoisotopic (exact) mass is 243 g/mol. The highest BCUT2D eigenvalue weighted by Crippen LogP contribution is 2.23. The second-order valence-corrected chi connectivity index (χ2v) is 4.53. The van der Waals surface area contributed by atoms with Gasteiger partial charge in [0.15, 0.2) is 11.7 Å². The molecule has 1 N–H and O–H groups in total. The van der Waals surface area contributed by atoms with Gasteiger partial charge in [-0.25, -0.2) is 4.98 Å². The lowest BCUT2D eigenvalue weighted by molar-refractivity contribution is 0.534. The molecule has 0 aliphatic carbocycles. The minimum absolute atomic E-state index is 0.705. The average Bonchev–Trinajstić information content (AvgIpc) is 2.87. The zero-order chi connectivity index (χ0) is 12.4. The normalized spacial score (nSPS) is 15.9. The van der Waals surface area contributed by atoms with Gasteiger partial charge in [-0.3, -0.25) is 0 Å². The number of oxazole rings is 1. The Labute approximate surface area is 107 Å². The Morgan fingerprint density at radius 2 is 1.89 bits per heavy atom. The zero-order valence-corrected chi connectivity index (χ0v) is 10.5. The first-order valence-electron chi connectivity index (χ1n) is 6.31. The first kappa shape index (κ1) is 11.3. The van der Waals surface area contributed by atoms with Crippen LogP contribution in [-0.2, 0) is 0 Å². The van der Waals surface area contributed by atoms with Crippen molar-refractivity contribution >= 4 is 5.69 Å². The molecule has 0 atom stereocenters. The molecule has 0 saturated carbocycles. The molecule has 0 radical (unpaired) electrons. The lowest BCUT2D eigenvalue weighted by Crippen LogP contribution is -2.43. The van der Waals surface area contributed by atoms with Gasteiger partial charge in [-0.15, -0.1) is 0 Å². The van der Waals surface area contributed by atoms with Crippen LogP contribution in [0.1, 0.15) is 5.89 Å². The van der Waals surface area contributed by atoms with E-state index < -0.39 is 0 Å². The summed E-state index contributed by atoms with van der Waals surface area (Å²) >= 11 is 0. The van der Waals surface area contributed by atoms with Crippen LogP contribution in [0.25, 0.3) is 11.3 Å². The molecule has 1 aromatic carbocycles. The van der Waals surface area contributed by atoms with E-state index in [0.29, 0.717) is 5.89 Å². The molecular weight excluding hydrogens is 226 g/mol. The Kier molecular flexibility index (Phi) is 3.02. The van der Waals surface area contributed by atoms with E-state index in [1.807, 2.05) is 6.92 Å². The Morgan fingerprint density at radius 3 is 2.50 bits per heavy atom. The molecule has 2 heterocycles. The Hall–Kier alpha value is -1.81. The maximum atomic E-state index is 5.52. The molecule has 0 spiro atoms. The van der Waals surface area contributed by atoms with Gasteiger partial charge in [-0.2, -0.15) is 0 Å². The number of nitrogens with one attached hydrogen (secondary N) is 1. The van der Waals surface area contributed by atoms with Crippen molar-refractivity contribution in [1.29, 1.82) is 0 Å². The quantitative estimate of drug-likeness (QED) is 0.876. The van der Waals surface area contributed by atoms with Gasteiger partial charge in [0.25, 0.3) is 0 Å². The molecule has 1 saturated heterocycles. The van der Waals surface area contributed by atoms with Gasteiger partial charge >= 0.3 is 0 Å². The predicted octanol–water partition coefficient (Wildman–Crippen LogP) is 2.06. The van der Waals surface area contributed by atoms with Crippen LogP contribution in [-0.4, -0.2) is 31.2 Å². The van der Waals surface area contributed by atoms with Crippen molar-refractivity contribution in [2.24, 2.45) is 0 Å². The zero-order valence-electron chi connectivity index (χ0n) is 10.5. The van der Waals surface area contributed by atoms with Crippen LogP contribution in [0.15, 0.2) is 34.9 Å². The van der Waals surface area contributed by atoms with E-state index in [0.717, 1.165) is 37.5 Å². The average molecular weight is 243 g/mol. The van der Waals surface area contributed by atoms with Gasteiger partial charge in [-0.1, -0.05) is 0 Å². The number of aromatic nitrogens is 1. The van der Waals surface area contributed by atoms with E-state index >= 15 is 0 Å². The van der Waals surface area contributed by atoms with Crippen molar-refractivity contribution in [3.63, 3.8) is 0 Å².